The molecule has 0 aromatic heterocycles. The van der Waals surface area contributed by atoms with Crippen LogP contribution in [-0.4, -0.2) is 25.0 Å². The van der Waals surface area contributed by atoms with Gasteiger partial charge in [-0.25, -0.2) is 4.39 Å². The van der Waals surface area contributed by atoms with Gasteiger partial charge in [0.1, 0.15) is 6.61 Å². The van der Waals surface area contributed by atoms with Gasteiger partial charge in [-0.2, -0.15) is 0 Å². The number of hydrogen-bond acceptors (Lipinski definition) is 3. The van der Waals surface area contributed by atoms with Crippen LogP contribution in [0.15, 0.2) is 55.1 Å². The molecule has 0 saturated carbocycles. The Hall–Kier alpha value is -2.86. The molecule has 2 N–H and O–H groups in total. The van der Waals surface area contributed by atoms with Crippen LogP contribution in [0.5, 0.6) is 5.75 Å². The van der Waals surface area contributed by atoms with E-state index in [0.29, 0.717) is 11.3 Å². The maximum atomic E-state index is 13.5. The molecule has 0 bridgehead atoms. The summed E-state index contributed by atoms with van der Waals surface area (Å²) in [6.07, 6.45) is 1.16. The van der Waals surface area contributed by atoms with Crippen LogP contribution in [-0.2, 0) is 4.79 Å². The molecule has 0 aliphatic heterocycles. The number of carbonyl (C=O) groups is 2. The number of halogens is 2. The number of rotatable bonds is 7. The molecule has 0 aliphatic carbocycles. The zero-order valence-electron chi connectivity index (χ0n) is 13.2. The van der Waals surface area contributed by atoms with E-state index < -0.39 is 5.82 Å². The van der Waals surface area contributed by atoms with E-state index in [4.69, 9.17) is 16.3 Å². The number of hydrogen-bond donors (Lipinski definition) is 2. The van der Waals surface area contributed by atoms with Crippen molar-refractivity contribution in [1.82, 2.24) is 5.32 Å². The smallest absolute Gasteiger partial charge is 0.251 e. The van der Waals surface area contributed by atoms with Gasteiger partial charge in [0.2, 0.25) is 5.91 Å². The van der Waals surface area contributed by atoms with Crippen LogP contribution in [0.2, 0.25) is 5.02 Å². The number of anilines is 1. The predicted molar refractivity (Wildman–Crippen MR) is 94.5 cm³/mol. The summed E-state index contributed by atoms with van der Waals surface area (Å²) in [4.78, 5) is 23.2. The lowest BCUT2D eigenvalue weighted by Gasteiger charge is -2.10. The second-order valence-electron chi connectivity index (χ2n) is 4.93. The number of para-hydroxylation sites is 1. The Labute approximate surface area is 149 Å². The third-order valence-electron chi connectivity index (χ3n) is 3.15. The highest BCUT2D eigenvalue weighted by Gasteiger charge is 2.09. The van der Waals surface area contributed by atoms with Crippen molar-refractivity contribution in [3.63, 3.8) is 0 Å². The summed E-state index contributed by atoms with van der Waals surface area (Å²) >= 11 is 5.84. The molecule has 2 aromatic carbocycles. The molecule has 0 unspecified atom stereocenters. The summed E-state index contributed by atoms with van der Waals surface area (Å²) in [6, 6.07) is 10.6. The van der Waals surface area contributed by atoms with Crippen LogP contribution in [0, 0.1) is 5.82 Å². The topological polar surface area (TPSA) is 67.4 Å². The molecule has 2 aromatic rings. The standard InChI is InChI=1S/C18H16ClFN2O3/c1-2-16(23)22-13-8-6-12(7-9-13)18(24)21-10-11-25-17-14(19)4-3-5-15(17)20/h2-9H,1,10-11H2,(H,21,24)(H,22,23). The van der Waals surface area contributed by atoms with Crippen LogP contribution in [0.3, 0.4) is 0 Å². The normalized spacial score (nSPS) is 10.0. The van der Waals surface area contributed by atoms with E-state index >= 15 is 0 Å². The largest absolute Gasteiger partial charge is 0.487 e. The van der Waals surface area contributed by atoms with Gasteiger partial charge in [0.15, 0.2) is 11.6 Å². The first-order valence-corrected chi connectivity index (χ1v) is 7.77. The fraction of sp³-hybridized carbons (Fsp3) is 0.111. The highest BCUT2D eigenvalue weighted by molar-refractivity contribution is 6.32. The molecule has 130 valence electrons. The minimum Gasteiger partial charge on any atom is -0.487 e. The van der Waals surface area contributed by atoms with Crippen LogP contribution in [0.25, 0.3) is 0 Å². The maximum Gasteiger partial charge on any atom is 0.251 e. The van der Waals surface area contributed by atoms with Crippen molar-refractivity contribution in [3.05, 3.63) is 71.5 Å². The molecule has 0 spiro atoms. The molecular weight excluding hydrogens is 347 g/mol. The molecule has 2 amide bonds. The lowest BCUT2D eigenvalue weighted by Crippen LogP contribution is -2.28. The summed E-state index contributed by atoms with van der Waals surface area (Å²) in [6.45, 7) is 3.61. The van der Waals surface area contributed by atoms with E-state index in [1.807, 2.05) is 0 Å². The fourth-order valence-corrected chi connectivity index (χ4v) is 2.16. The maximum absolute atomic E-state index is 13.5. The van der Waals surface area contributed by atoms with Gasteiger partial charge in [0.25, 0.3) is 5.91 Å². The molecule has 7 heteroatoms. The molecule has 0 saturated heterocycles. The van der Waals surface area contributed by atoms with Gasteiger partial charge in [-0.15, -0.1) is 0 Å². The lowest BCUT2D eigenvalue weighted by atomic mass is 10.2. The molecule has 5 nitrogen and oxygen atoms in total. The Morgan fingerprint density at radius 2 is 1.92 bits per heavy atom. The lowest BCUT2D eigenvalue weighted by molar-refractivity contribution is -0.111. The van der Waals surface area contributed by atoms with E-state index in [1.54, 1.807) is 24.3 Å². The molecule has 0 fully saturated rings. The zero-order valence-corrected chi connectivity index (χ0v) is 14.0. The molecule has 0 atom stereocenters. The first-order valence-electron chi connectivity index (χ1n) is 7.39. The first-order chi connectivity index (χ1) is 12.0. The van der Waals surface area contributed by atoms with Gasteiger partial charge in [-0.3, -0.25) is 9.59 Å². The Balaban J connectivity index is 1.82. The molecule has 2 rings (SSSR count). The first kappa shape index (κ1) is 18.5. The van der Waals surface area contributed by atoms with E-state index in [2.05, 4.69) is 17.2 Å². The van der Waals surface area contributed by atoms with Gasteiger partial charge >= 0.3 is 0 Å². The van der Waals surface area contributed by atoms with E-state index in [0.717, 1.165) is 6.08 Å². The Bertz CT molecular complexity index is 758. The van der Waals surface area contributed by atoms with Crippen LogP contribution in [0.4, 0.5) is 10.1 Å². The Kier molecular flexibility index (Phi) is 6.54. The van der Waals surface area contributed by atoms with Gasteiger partial charge in [-0.05, 0) is 42.5 Å². The molecule has 25 heavy (non-hydrogen) atoms. The van der Waals surface area contributed by atoms with Crippen LogP contribution < -0.4 is 15.4 Å². The van der Waals surface area contributed by atoms with E-state index in [9.17, 15) is 14.0 Å². The number of amides is 2. The molecular formula is C18H16ClFN2O3. The van der Waals surface area contributed by atoms with Crippen molar-refractivity contribution in [2.24, 2.45) is 0 Å². The Morgan fingerprint density at radius 1 is 1.20 bits per heavy atom. The minimum absolute atomic E-state index is 0.0410. The number of benzene rings is 2. The van der Waals surface area contributed by atoms with E-state index in [-0.39, 0.29) is 35.7 Å². The third kappa shape index (κ3) is 5.32. The average molecular weight is 363 g/mol. The highest BCUT2D eigenvalue weighted by Crippen LogP contribution is 2.26. The molecule has 0 radical (unpaired) electrons. The zero-order chi connectivity index (χ0) is 18.2. The van der Waals surface area contributed by atoms with Crippen LogP contribution >= 0.6 is 11.6 Å². The summed E-state index contributed by atoms with van der Waals surface area (Å²) < 4.78 is 18.8. The van der Waals surface area contributed by atoms with Gasteiger partial charge in [-0.1, -0.05) is 24.2 Å². The summed E-state index contributed by atoms with van der Waals surface area (Å²) in [7, 11) is 0. The van der Waals surface area contributed by atoms with Gasteiger partial charge in [0.05, 0.1) is 11.6 Å². The summed E-state index contributed by atoms with van der Waals surface area (Å²) in [5, 5.41) is 5.40. The van der Waals surface area contributed by atoms with E-state index in [1.165, 1.54) is 18.2 Å². The quantitative estimate of drug-likeness (QED) is 0.586. The SMILES string of the molecule is C=CC(=O)Nc1ccc(C(=O)NCCOc2c(F)cccc2Cl)cc1. The van der Waals surface area contributed by atoms with Crippen molar-refractivity contribution in [1.29, 1.82) is 0 Å². The molecule has 0 aliphatic rings. The summed E-state index contributed by atoms with van der Waals surface area (Å²) in [5.41, 5.74) is 0.972. The predicted octanol–water partition coefficient (Wildman–Crippen LogP) is 3.41. The highest BCUT2D eigenvalue weighted by atomic mass is 35.5. The third-order valence-corrected chi connectivity index (χ3v) is 3.45. The van der Waals surface area contributed by atoms with Crippen LogP contribution in [0.1, 0.15) is 10.4 Å². The number of ether oxygens (including phenoxy) is 1. The monoisotopic (exact) mass is 362 g/mol. The second-order valence-corrected chi connectivity index (χ2v) is 5.33. The van der Waals surface area contributed by atoms with Gasteiger partial charge in [0, 0.05) is 11.3 Å². The molecule has 0 heterocycles. The average Bonchev–Trinajstić information content (AvgIpc) is 2.61. The minimum atomic E-state index is -0.559. The van der Waals surface area contributed by atoms with Crippen molar-refractivity contribution < 1.29 is 18.7 Å². The summed E-state index contributed by atoms with van der Waals surface area (Å²) in [5.74, 6) is -1.25. The fourth-order valence-electron chi connectivity index (χ4n) is 1.94. The van der Waals surface area contributed by atoms with Crippen molar-refractivity contribution in [2.75, 3.05) is 18.5 Å². The van der Waals surface area contributed by atoms with Gasteiger partial charge < -0.3 is 15.4 Å². The van der Waals surface area contributed by atoms with Crippen molar-refractivity contribution in [2.45, 2.75) is 0 Å². The number of nitrogens with one attached hydrogen (secondary N) is 2. The van der Waals surface area contributed by atoms with Crippen molar-refractivity contribution in [3.8, 4) is 5.75 Å². The van der Waals surface area contributed by atoms with Crippen molar-refractivity contribution >= 4 is 29.1 Å². The second kappa shape index (κ2) is 8.84. The number of carbonyl (C=O) groups excluding carboxylic acids is 2. The Morgan fingerprint density at radius 3 is 2.56 bits per heavy atom.